The number of aryl methyl sites for hydroxylation is 2. The van der Waals surface area contributed by atoms with E-state index in [1.54, 1.807) is 23.1 Å². The lowest BCUT2D eigenvalue weighted by molar-refractivity contribution is -0.0796. The molecule has 1 N–H and O–H groups in total. The fraction of sp³-hybridized carbons (Fsp3) is 0.486. The summed E-state index contributed by atoms with van der Waals surface area (Å²) in [4.78, 5) is 18.4. The summed E-state index contributed by atoms with van der Waals surface area (Å²) in [6.45, 7) is 10.8. The number of hydrogen-bond acceptors (Lipinski definition) is 5. The first kappa shape index (κ1) is 37.4. The van der Waals surface area contributed by atoms with Crippen LogP contribution in [0, 0.1) is 11.4 Å². The summed E-state index contributed by atoms with van der Waals surface area (Å²) >= 11 is 12.0. The average Bonchev–Trinajstić information content (AvgIpc) is 3.64. The van der Waals surface area contributed by atoms with Crippen LogP contribution < -0.4 is 0 Å². The molecule has 0 spiro atoms. The maximum atomic E-state index is 14.4. The summed E-state index contributed by atoms with van der Waals surface area (Å²) in [6, 6.07) is 13.1. The lowest BCUT2D eigenvalue weighted by Crippen LogP contribution is -2.47. The maximum Gasteiger partial charge on any atom is 0.283 e. The van der Waals surface area contributed by atoms with Crippen molar-refractivity contribution in [3.05, 3.63) is 99.1 Å². The molecule has 1 atom stereocenters. The van der Waals surface area contributed by atoms with Gasteiger partial charge in [-0.15, -0.1) is 0 Å². The first-order valence-corrected chi connectivity index (χ1v) is 16.7. The van der Waals surface area contributed by atoms with Gasteiger partial charge in [-0.3, -0.25) is 9.48 Å². The highest BCUT2D eigenvalue weighted by atomic mass is 35.5. The van der Waals surface area contributed by atoms with Crippen LogP contribution in [-0.2, 0) is 26.6 Å². The Morgan fingerprint density at radius 1 is 1.08 bits per heavy atom. The van der Waals surface area contributed by atoms with Crippen molar-refractivity contribution >= 4 is 29.1 Å². The zero-order chi connectivity index (χ0) is 35.4. The molecule has 1 aliphatic rings. The molecule has 1 amide bonds. The predicted octanol–water partition coefficient (Wildman–Crippen LogP) is 8.42. The van der Waals surface area contributed by atoms with Crippen molar-refractivity contribution in [2.45, 2.75) is 97.4 Å². The molecule has 0 aliphatic heterocycles. The third-order valence-corrected chi connectivity index (χ3v) is 9.25. The number of halogens is 5. The fourth-order valence-electron chi connectivity index (χ4n) is 5.50. The highest BCUT2D eigenvalue weighted by Gasteiger charge is 2.40. The Labute approximate surface area is 289 Å². The van der Waals surface area contributed by atoms with Crippen LogP contribution in [0.15, 0.2) is 55.1 Å². The summed E-state index contributed by atoms with van der Waals surface area (Å²) in [5.41, 5.74) is 0.430. The van der Waals surface area contributed by atoms with Gasteiger partial charge in [0.15, 0.2) is 0 Å². The topological polar surface area (TPSA) is 89.1 Å². The molecule has 4 aromatic rings. The van der Waals surface area contributed by atoms with E-state index in [1.165, 1.54) is 23.8 Å². The number of hydrogen-bond donors (Lipinski definition) is 1. The molecule has 5 rings (SSSR count). The van der Waals surface area contributed by atoms with Gasteiger partial charge in [-0.2, -0.15) is 14.6 Å². The summed E-state index contributed by atoms with van der Waals surface area (Å²) in [6.07, 6.45) is 3.06. The van der Waals surface area contributed by atoms with Gasteiger partial charge in [0, 0.05) is 29.7 Å². The molecule has 0 saturated heterocycles. The van der Waals surface area contributed by atoms with E-state index < -0.39 is 35.1 Å². The molecule has 13 heteroatoms. The van der Waals surface area contributed by atoms with E-state index >= 15 is 0 Å². The molecular weight excluding hydrogens is 664 g/mol. The van der Waals surface area contributed by atoms with Crippen LogP contribution in [0.3, 0.4) is 0 Å². The van der Waals surface area contributed by atoms with E-state index in [2.05, 4.69) is 15.2 Å². The Morgan fingerprint density at radius 2 is 1.73 bits per heavy atom. The standard InChI is InChI=1S/C19H21ClF3N3O.C16H22ClN3O/c1-10(2)14-7-4-12(20)8-11(14)9-26(13-5-6-13)19(27)15-16(17(21)22)24-25(3)18(15)23;1-15(2,3)16(21,10-20-12-18-11-19-20)9-8-13-4-6-14(17)7-5-13/h4,7-8,10,13,17H,5-6,9H2,1-3H3;4-7,11-12,21H,8-10H2,1-3H3. The number of aliphatic hydroxyl groups is 1. The Bertz CT molecular complexity index is 1670. The third kappa shape index (κ3) is 9.18. The summed E-state index contributed by atoms with van der Waals surface area (Å²) in [7, 11) is 1.20. The Morgan fingerprint density at radius 3 is 2.27 bits per heavy atom. The second-order valence-electron chi connectivity index (χ2n) is 13.6. The number of nitrogens with zero attached hydrogens (tertiary/aromatic N) is 6. The zero-order valence-corrected chi connectivity index (χ0v) is 29.6. The van der Waals surface area contributed by atoms with Gasteiger partial charge in [0.05, 0.1) is 12.1 Å². The second kappa shape index (κ2) is 15.4. The Balaban J connectivity index is 0.000000224. The quantitative estimate of drug-likeness (QED) is 0.169. The predicted molar refractivity (Wildman–Crippen MR) is 181 cm³/mol. The van der Waals surface area contributed by atoms with Gasteiger partial charge in [0.25, 0.3) is 12.3 Å². The van der Waals surface area contributed by atoms with Crippen molar-refractivity contribution in [1.29, 1.82) is 0 Å². The van der Waals surface area contributed by atoms with Crippen molar-refractivity contribution in [3.63, 3.8) is 0 Å². The van der Waals surface area contributed by atoms with Gasteiger partial charge >= 0.3 is 0 Å². The minimum Gasteiger partial charge on any atom is -0.387 e. The molecule has 1 aliphatic carbocycles. The molecular formula is C35H43Cl2F3N6O2. The number of benzene rings is 2. The molecule has 2 heterocycles. The van der Waals surface area contributed by atoms with E-state index in [1.807, 2.05) is 65.0 Å². The van der Waals surface area contributed by atoms with Crippen LogP contribution in [0.2, 0.25) is 10.0 Å². The van der Waals surface area contributed by atoms with Crippen LogP contribution >= 0.6 is 23.2 Å². The summed E-state index contributed by atoms with van der Waals surface area (Å²) < 4.78 is 43.3. The molecule has 0 radical (unpaired) electrons. The van der Waals surface area contributed by atoms with Crippen LogP contribution in [0.25, 0.3) is 0 Å². The Kier molecular flexibility index (Phi) is 12.0. The third-order valence-electron chi connectivity index (χ3n) is 8.77. The number of aromatic nitrogens is 5. The number of amides is 1. The van der Waals surface area contributed by atoms with Crippen molar-refractivity contribution in [1.82, 2.24) is 29.4 Å². The van der Waals surface area contributed by atoms with E-state index in [-0.39, 0.29) is 23.9 Å². The molecule has 1 fully saturated rings. The van der Waals surface area contributed by atoms with Crippen LogP contribution in [-0.4, -0.2) is 52.1 Å². The zero-order valence-electron chi connectivity index (χ0n) is 28.1. The Hall–Kier alpha value is -3.41. The molecule has 2 aromatic carbocycles. The lowest BCUT2D eigenvalue weighted by atomic mass is 9.73. The molecule has 2 aromatic heterocycles. The molecule has 8 nitrogen and oxygen atoms in total. The molecule has 260 valence electrons. The first-order valence-electron chi connectivity index (χ1n) is 15.9. The van der Waals surface area contributed by atoms with E-state index in [4.69, 9.17) is 23.2 Å². The van der Waals surface area contributed by atoms with Gasteiger partial charge < -0.3 is 10.0 Å². The molecule has 1 unspecified atom stereocenters. The van der Waals surface area contributed by atoms with Crippen LogP contribution in [0.1, 0.15) is 99.0 Å². The van der Waals surface area contributed by atoms with Crippen molar-refractivity contribution < 1.29 is 23.1 Å². The summed E-state index contributed by atoms with van der Waals surface area (Å²) in [5.74, 6) is -1.61. The monoisotopic (exact) mass is 706 g/mol. The summed E-state index contributed by atoms with van der Waals surface area (Å²) in [5, 5.41) is 20.0. The minimum absolute atomic E-state index is 0.0957. The van der Waals surface area contributed by atoms with Crippen molar-refractivity contribution in [3.8, 4) is 0 Å². The number of carbonyl (C=O) groups is 1. The normalized spacial score (nSPS) is 14.5. The molecule has 1 saturated carbocycles. The highest BCUT2D eigenvalue weighted by Crippen LogP contribution is 2.36. The van der Waals surface area contributed by atoms with E-state index in [0.717, 1.165) is 35.4 Å². The fourth-order valence-corrected chi connectivity index (χ4v) is 5.82. The lowest BCUT2D eigenvalue weighted by Gasteiger charge is -2.40. The first-order chi connectivity index (χ1) is 22.5. The number of rotatable bonds is 11. The van der Waals surface area contributed by atoms with Gasteiger partial charge in [-0.05, 0) is 78.0 Å². The van der Waals surface area contributed by atoms with E-state index in [9.17, 15) is 23.1 Å². The number of alkyl halides is 2. The van der Waals surface area contributed by atoms with Crippen molar-refractivity contribution in [2.75, 3.05) is 0 Å². The highest BCUT2D eigenvalue weighted by molar-refractivity contribution is 6.30. The smallest absolute Gasteiger partial charge is 0.283 e. The molecule has 0 bridgehead atoms. The minimum atomic E-state index is -3.03. The van der Waals surface area contributed by atoms with Gasteiger partial charge in [0.1, 0.15) is 23.9 Å². The van der Waals surface area contributed by atoms with Gasteiger partial charge in [-0.1, -0.05) is 76.0 Å². The van der Waals surface area contributed by atoms with Gasteiger partial charge in [0.2, 0.25) is 5.95 Å². The van der Waals surface area contributed by atoms with Crippen molar-refractivity contribution in [2.24, 2.45) is 12.5 Å². The van der Waals surface area contributed by atoms with E-state index in [0.29, 0.717) is 22.7 Å². The second-order valence-corrected chi connectivity index (χ2v) is 14.5. The molecule has 48 heavy (non-hydrogen) atoms. The average molecular weight is 708 g/mol. The number of carbonyl (C=O) groups excluding carboxylic acids is 1. The van der Waals surface area contributed by atoms with Crippen LogP contribution in [0.5, 0.6) is 0 Å². The van der Waals surface area contributed by atoms with Crippen LogP contribution in [0.4, 0.5) is 13.2 Å². The SMILES string of the molecule is CC(C)(C)C(O)(CCc1ccc(Cl)cc1)Cn1cncn1.CC(C)c1ccc(Cl)cc1CN(C(=O)c1c(C(F)F)nn(C)c1F)C1CC1. The van der Waals surface area contributed by atoms with Gasteiger partial charge in [-0.25, -0.2) is 18.4 Å². The largest absolute Gasteiger partial charge is 0.387 e. The maximum absolute atomic E-state index is 14.4.